The molecule has 0 aliphatic carbocycles. The SMILES string of the molecule is CN1C[C@H](c2ccc(Cl)cc2)[C@@H](C(=O)Nc2cccc(F)c2C(F)(F)F)C1=O. The molecule has 0 aromatic heterocycles. The summed E-state index contributed by atoms with van der Waals surface area (Å²) in [6, 6.07) is 9.17. The van der Waals surface area contributed by atoms with Crippen molar-refractivity contribution in [2.45, 2.75) is 12.1 Å². The summed E-state index contributed by atoms with van der Waals surface area (Å²) in [4.78, 5) is 26.5. The Morgan fingerprint density at radius 2 is 1.82 bits per heavy atom. The lowest BCUT2D eigenvalue weighted by molar-refractivity contribution is -0.139. The van der Waals surface area contributed by atoms with Gasteiger partial charge in [-0.15, -0.1) is 0 Å². The number of nitrogens with one attached hydrogen (secondary N) is 1. The second-order valence-corrected chi connectivity index (χ2v) is 6.94. The Hall–Kier alpha value is -2.61. The average Bonchev–Trinajstić information content (AvgIpc) is 2.89. The van der Waals surface area contributed by atoms with E-state index in [0.717, 1.165) is 12.1 Å². The van der Waals surface area contributed by atoms with E-state index in [1.165, 1.54) is 11.9 Å². The van der Waals surface area contributed by atoms with Crippen molar-refractivity contribution in [3.63, 3.8) is 0 Å². The molecule has 0 unspecified atom stereocenters. The maximum atomic E-state index is 13.7. The van der Waals surface area contributed by atoms with E-state index in [9.17, 15) is 27.2 Å². The van der Waals surface area contributed by atoms with Crippen LogP contribution < -0.4 is 5.32 Å². The highest BCUT2D eigenvalue weighted by molar-refractivity contribution is 6.30. The Morgan fingerprint density at radius 1 is 1.18 bits per heavy atom. The molecule has 0 radical (unpaired) electrons. The number of carbonyl (C=O) groups is 2. The van der Waals surface area contributed by atoms with Gasteiger partial charge in [0.05, 0.1) is 5.69 Å². The Balaban J connectivity index is 1.94. The predicted molar refractivity (Wildman–Crippen MR) is 95.4 cm³/mol. The van der Waals surface area contributed by atoms with E-state index in [-0.39, 0.29) is 6.54 Å². The average molecular weight is 415 g/mol. The lowest BCUT2D eigenvalue weighted by Gasteiger charge is -2.19. The number of hydrogen-bond donors (Lipinski definition) is 1. The number of rotatable bonds is 3. The minimum Gasteiger partial charge on any atom is -0.344 e. The fourth-order valence-electron chi connectivity index (χ4n) is 3.33. The van der Waals surface area contributed by atoms with E-state index in [1.807, 2.05) is 0 Å². The van der Waals surface area contributed by atoms with Gasteiger partial charge in [0.1, 0.15) is 17.3 Å². The van der Waals surface area contributed by atoms with Crippen LogP contribution in [0.15, 0.2) is 42.5 Å². The number of benzene rings is 2. The topological polar surface area (TPSA) is 49.4 Å². The van der Waals surface area contributed by atoms with E-state index >= 15 is 0 Å². The monoisotopic (exact) mass is 414 g/mol. The lowest BCUT2D eigenvalue weighted by atomic mass is 9.88. The van der Waals surface area contributed by atoms with Crippen molar-refractivity contribution in [2.75, 3.05) is 18.9 Å². The van der Waals surface area contributed by atoms with Crippen molar-refractivity contribution >= 4 is 29.1 Å². The van der Waals surface area contributed by atoms with Crippen LogP contribution in [0.4, 0.5) is 23.2 Å². The van der Waals surface area contributed by atoms with Crippen molar-refractivity contribution in [1.29, 1.82) is 0 Å². The normalized spacial score (nSPS) is 19.8. The summed E-state index contributed by atoms with van der Waals surface area (Å²) >= 11 is 5.86. The molecule has 1 heterocycles. The van der Waals surface area contributed by atoms with Crippen LogP contribution in [0.2, 0.25) is 5.02 Å². The van der Waals surface area contributed by atoms with Crippen LogP contribution in [0, 0.1) is 11.7 Å². The number of alkyl halides is 3. The molecule has 148 valence electrons. The molecule has 28 heavy (non-hydrogen) atoms. The molecule has 9 heteroatoms. The van der Waals surface area contributed by atoms with Gasteiger partial charge in [0, 0.05) is 24.5 Å². The number of halogens is 5. The molecule has 1 aliphatic heterocycles. The van der Waals surface area contributed by atoms with E-state index in [1.54, 1.807) is 24.3 Å². The van der Waals surface area contributed by atoms with Gasteiger partial charge in [0.15, 0.2) is 0 Å². The molecule has 2 atom stereocenters. The van der Waals surface area contributed by atoms with Crippen LogP contribution in [0.25, 0.3) is 0 Å². The van der Waals surface area contributed by atoms with Gasteiger partial charge >= 0.3 is 6.18 Å². The van der Waals surface area contributed by atoms with Crippen LogP contribution >= 0.6 is 11.6 Å². The van der Waals surface area contributed by atoms with Gasteiger partial charge in [-0.2, -0.15) is 13.2 Å². The minimum atomic E-state index is -5.00. The van der Waals surface area contributed by atoms with Gasteiger partial charge in [-0.1, -0.05) is 29.8 Å². The van der Waals surface area contributed by atoms with Gasteiger partial charge < -0.3 is 10.2 Å². The van der Waals surface area contributed by atoms with Crippen LogP contribution in [0.1, 0.15) is 17.0 Å². The van der Waals surface area contributed by atoms with E-state index in [0.29, 0.717) is 16.7 Å². The third-order valence-corrected chi connectivity index (χ3v) is 4.90. The molecule has 1 fully saturated rings. The highest BCUT2D eigenvalue weighted by Crippen LogP contribution is 2.38. The first kappa shape index (κ1) is 20.1. The molecule has 0 bridgehead atoms. The Kier molecular flexibility index (Phi) is 5.34. The maximum absolute atomic E-state index is 13.7. The van der Waals surface area contributed by atoms with Crippen LogP contribution in [-0.2, 0) is 15.8 Å². The molecule has 1 aliphatic rings. The quantitative estimate of drug-likeness (QED) is 0.601. The van der Waals surface area contributed by atoms with E-state index < -0.39 is 46.9 Å². The van der Waals surface area contributed by atoms with Gasteiger partial charge in [0.25, 0.3) is 0 Å². The molecule has 0 spiro atoms. The molecule has 1 N–H and O–H groups in total. The van der Waals surface area contributed by atoms with Gasteiger partial charge in [-0.25, -0.2) is 4.39 Å². The first-order valence-electron chi connectivity index (χ1n) is 8.26. The third kappa shape index (κ3) is 3.82. The Labute approximate surface area is 163 Å². The molecule has 2 aromatic carbocycles. The lowest BCUT2D eigenvalue weighted by Crippen LogP contribution is -2.33. The molecular weight excluding hydrogens is 400 g/mol. The Bertz CT molecular complexity index is 915. The summed E-state index contributed by atoms with van der Waals surface area (Å²) in [6.45, 7) is 0.216. The zero-order valence-electron chi connectivity index (χ0n) is 14.6. The zero-order valence-corrected chi connectivity index (χ0v) is 15.3. The number of likely N-dealkylation sites (tertiary alicyclic amines) is 1. The zero-order chi connectivity index (χ0) is 20.6. The van der Waals surface area contributed by atoms with Crippen LogP contribution in [0.3, 0.4) is 0 Å². The fourth-order valence-corrected chi connectivity index (χ4v) is 3.46. The molecular formula is C19H15ClF4N2O2. The summed E-state index contributed by atoms with van der Waals surface area (Å²) in [5.74, 6) is -4.77. The number of carbonyl (C=O) groups excluding carboxylic acids is 2. The van der Waals surface area contributed by atoms with Crippen molar-refractivity contribution in [3.8, 4) is 0 Å². The molecule has 2 amide bonds. The highest BCUT2D eigenvalue weighted by Gasteiger charge is 2.45. The number of anilines is 1. The maximum Gasteiger partial charge on any atom is 0.421 e. The van der Waals surface area contributed by atoms with Crippen molar-refractivity contribution in [3.05, 3.63) is 64.4 Å². The largest absolute Gasteiger partial charge is 0.421 e. The van der Waals surface area contributed by atoms with Gasteiger partial charge in [-0.3, -0.25) is 9.59 Å². The number of likely N-dealkylation sites (N-methyl/N-ethyl adjacent to an activating group) is 1. The van der Waals surface area contributed by atoms with Crippen molar-refractivity contribution < 1.29 is 27.2 Å². The van der Waals surface area contributed by atoms with Crippen LogP contribution in [-0.4, -0.2) is 30.3 Å². The number of nitrogens with zero attached hydrogens (tertiary/aromatic N) is 1. The van der Waals surface area contributed by atoms with Gasteiger partial charge in [-0.05, 0) is 29.8 Å². The van der Waals surface area contributed by atoms with E-state index in [2.05, 4.69) is 5.32 Å². The van der Waals surface area contributed by atoms with Crippen molar-refractivity contribution in [1.82, 2.24) is 4.90 Å². The highest BCUT2D eigenvalue weighted by atomic mass is 35.5. The smallest absolute Gasteiger partial charge is 0.344 e. The molecule has 4 nitrogen and oxygen atoms in total. The fraction of sp³-hybridized carbons (Fsp3) is 0.263. The summed E-state index contributed by atoms with van der Waals surface area (Å²) < 4.78 is 53.3. The molecule has 3 rings (SSSR count). The molecule has 2 aromatic rings. The first-order chi connectivity index (χ1) is 13.1. The van der Waals surface area contributed by atoms with E-state index in [4.69, 9.17) is 11.6 Å². The van der Waals surface area contributed by atoms with Crippen molar-refractivity contribution in [2.24, 2.45) is 5.92 Å². The Morgan fingerprint density at radius 3 is 2.43 bits per heavy atom. The van der Waals surface area contributed by atoms with Gasteiger partial charge in [0.2, 0.25) is 11.8 Å². The van der Waals surface area contributed by atoms with Crippen LogP contribution in [0.5, 0.6) is 0 Å². The number of amides is 2. The summed E-state index contributed by atoms with van der Waals surface area (Å²) in [7, 11) is 1.50. The molecule has 0 saturated carbocycles. The standard InChI is InChI=1S/C19H15ClF4N2O2/c1-26-9-12(10-5-7-11(20)8-6-10)15(18(26)28)17(27)25-14-4-2-3-13(21)16(14)19(22,23)24/h2-8,12,15H,9H2,1H3,(H,25,27)/t12-,15+/m1/s1. The summed E-state index contributed by atoms with van der Waals surface area (Å²) in [5, 5.41) is 2.56. The first-order valence-corrected chi connectivity index (χ1v) is 8.64. The second kappa shape index (κ2) is 7.43. The summed E-state index contributed by atoms with van der Waals surface area (Å²) in [6.07, 6.45) is -5.00. The summed E-state index contributed by atoms with van der Waals surface area (Å²) in [5.41, 5.74) is -1.66. The third-order valence-electron chi connectivity index (χ3n) is 4.65. The number of hydrogen-bond acceptors (Lipinski definition) is 2. The second-order valence-electron chi connectivity index (χ2n) is 6.50. The molecule has 1 saturated heterocycles. The minimum absolute atomic E-state index is 0.216. The predicted octanol–water partition coefficient (Wildman–Crippen LogP) is 4.31.